The zero-order valence-electron chi connectivity index (χ0n) is 13.7. The molecule has 1 aliphatic heterocycles. The molecule has 0 radical (unpaired) electrons. The Labute approximate surface area is 142 Å². The maximum atomic E-state index is 12.1. The zero-order chi connectivity index (χ0) is 16.4. The third-order valence-electron chi connectivity index (χ3n) is 4.98. The SMILES string of the molecule is O=C1CN(c2ccnc(Cc3ccccc3)n2)C2CCCCC2N1. The Balaban J connectivity index is 1.58. The van der Waals surface area contributed by atoms with Gasteiger partial charge in [0.05, 0.1) is 12.6 Å². The van der Waals surface area contributed by atoms with Gasteiger partial charge < -0.3 is 10.2 Å². The summed E-state index contributed by atoms with van der Waals surface area (Å²) in [4.78, 5) is 23.4. The second kappa shape index (κ2) is 6.59. The van der Waals surface area contributed by atoms with Crippen molar-refractivity contribution in [1.29, 1.82) is 0 Å². The minimum atomic E-state index is 0.0985. The Hall–Kier alpha value is -2.43. The predicted octanol–water partition coefficient (Wildman–Crippen LogP) is 2.31. The summed E-state index contributed by atoms with van der Waals surface area (Å²) >= 11 is 0. The van der Waals surface area contributed by atoms with Crippen molar-refractivity contribution in [3.63, 3.8) is 0 Å². The number of carbonyl (C=O) groups is 1. The molecular formula is C19H22N4O. The number of carbonyl (C=O) groups excluding carboxylic acids is 1. The molecule has 1 aromatic heterocycles. The number of hydrogen-bond acceptors (Lipinski definition) is 4. The number of nitrogens with zero attached hydrogens (tertiary/aromatic N) is 3. The lowest BCUT2D eigenvalue weighted by Gasteiger charge is -2.44. The van der Waals surface area contributed by atoms with Crippen LogP contribution >= 0.6 is 0 Å². The van der Waals surface area contributed by atoms with E-state index in [1.165, 1.54) is 18.4 Å². The largest absolute Gasteiger partial charge is 0.350 e. The van der Waals surface area contributed by atoms with Gasteiger partial charge in [-0.05, 0) is 24.5 Å². The molecule has 2 aromatic rings. The number of nitrogens with one attached hydrogen (secondary N) is 1. The Morgan fingerprint density at radius 3 is 2.83 bits per heavy atom. The van der Waals surface area contributed by atoms with Crippen LogP contribution in [0.2, 0.25) is 0 Å². The minimum Gasteiger partial charge on any atom is -0.350 e. The van der Waals surface area contributed by atoms with Crippen molar-refractivity contribution in [2.24, 2.45) is 0 Å². The van der Waals surface area contributed by atoms with Crippen molar-refractivity contribution in [2.45, 2.75) is 44.2 Å². The summed E-state index contributed by atoms with van der Waals surface area (Å²) in [6.07, 6.45) is 7.11. The van der Waals surface area contributed by atoms with Crippen LogP contribution in [0.5, 0.6) is 0 Å². The molecule has 0 bridgehead atoms. The molecule has 5 heteroatoms. The Bertz CT molecular complexity index is 718. The van der Waals surface area contributed by atoms with Crippen LogP contribution in [-0.4, -0.2) is 34.5 Å². The number of piperazine rings is 1. The van der Waals surface area contributed by atoms with E-state index in [0.29, 0.717) is 19.0 Å². The second-order valence-electron chi connectivity index (χ2n) is 6.65. The predicted molar refractivity (Wildman–Crippen MR) is 92.8 cm³/mol. The van der Waals surface area contributed by atoms with Gasteiger partial charge >= 0.3 is 0 Å². The van der Waals surface area contributed by atoms with Crippen molar-refractivity contribution < 1.29 is 4.79 Å². The number of aromatic nitrogens is 2. The van der Waals surface area contributed by atoms with Crippen LogP contribution < -0.4 is 10.2 Å². The standard InChI is InChI=1S/C19H22N4O/c24-19-13-23(16-9-5-4-8-15(16)21-19)18-10-11-20-17(22-18)12-14-6-2-1-3-7-14/h1-3,6-7,10-11,15-16H,4-5,8-9,12-13H2,(H,21,24). The molecule has 1 aliphatic carbocycles. The fourth-order valence-corrected chi connectivity index (χ4v) is 3.84. The first kappa shape index (κ1) is 15.1. The molecule has 2 heterocycles. The maximum absolute atomic E-state index is 12.1. The van der Waals surface area contributed by atoms with Gasteiger partial charge in [0.1, 0.15) is 11.6 Å². The van der Waals surface area contributed by atoms with E-state index >= 15 is 0 Å². The summed E-state index contributed by atoms with van der Waals surface area (Å²) in [7, 11) is 0. The Morgan fingerprint density at radius 2 is 1.96 bits per heavy atom. The van der Waals surface area contributed by atoms with Gasteiger partial charge in [-0.3, -0.25) is 4.79 Å². The van der Waals surface area contributed by atoms with Crippen molar-refractivity contribution in [3.05, 3.63) is 54.0 Å². The van der Waals surface area contributed by atoms with E-state index in [9.17, 15) is 4.79 Å². The van der Waals surface area contributed by atoms with E-state index in [1.807, 2.05) is 30.5 Å². The van der Waals surface area contributed by atoms with Crippen LogP contribution in [0, 0.1) is 0 Å². The third kappa shape index (κ3) is 3.11. The highest BCUT2D eigenvalue weighted by Gasteiger charge is 2.37. The zero-order valence-corrected chi connectivity index (χ0v) is 13.7. The van der Waals surface area contributed by atoms with Crippen molar-refractivity contribution in [3.8, 4) is 0 Å². The fraction of sp³-hybridized carbons (Fsp3) is 0.421. The number of hydrogen-bond donors (Lipinski definition) is 1. The molecule has 2 fully saturated rings. The summed E-state index contributed by atoms with van der Waals surface area (Å²) in [6, 6.07) is 12.8. The normalized spacial score (nSPS) is 23.5. The van der Waals surface area contributed by atoms with E-state index in [-0.39, 0.29) is 11.9 Å². The van der Waals surface area contributed by atoms with E-state index in [4.69, 9.17) is 4.98 Å². The van der Waals surface area contributed by atoms with Crippen molar-refractivity contribution in [1.82, 2.24) is 15.3 Å². The molecule has 2 aliphatic rings. The average molecular weight is 322 g/mol. The van der Waals surface area contributed by atoms with Crippen molar-refractivity contribution >= 4 is 11.7 Å². The first-order chi connectivity index (χ1) is 11.8. The van der Waals surface area contributed by atoms with E-state index < -0.39 is 0 Å². The van der Waals surface area contributed by atoms with Gasteiger partial charge in [-0.1, -0.05) is 43.2 Å². The highest BCUT2D eigenvalue weighted by Crippen LogP contribution is 2.29. The van der Waals surface area contributed by atoms with Gasteiger partial charge in [-0.2, -0.15) is 0 Å². The van der Waals surface area contributed by atoms with Gasteiger partial charge in [0.25, 0.3) is 0 Å². The summed E-state index contributed by atoms with van der Waals surface area (Å²) in [5, 5.41) is 3.15. The molecule has 2 atom stereocenters. The van der Waals surface area contributed by atoms with Gasteiger partial charge in [0.15, 0.2) is 0 Å². The first-order valence-electron chi connectivity index (χ1n) is 8.71. The molecule has 1 N–H and O–H groups in total. The third-order valence-corrected chi connectivity index (χ3v) is 4.98. The van der Waals surface area contributed by atoms with Crippen LogP contribution in [0.25, 0.3) is 0 Å². The lowest BCUT2D eigenvalue weighted by molar-refractivity contribution is -0.122. The fourth-order valence-electron chi connectivity index (χ4n) is 3.84. The number of benzene rings is 1. The smallest absolute Gasteiger partial charge is 0.239 e. The summed E-state index contributed by atoms with van der Waals surface area (Å²) in [6.45, 7) is 0.392. The summed E-state index contributed by atoms with van der Waals surface area (Å²) in [5.41, 5.74) is 1.20. The molecular weight excluding hydrogens is 300 g/mol. The highest BCUT2D eigenvalue weighted by atomic mass is 16.2. The second-order valence-corrected chi connectivity index (χ2v) is 6.65. The van der Waals surface area contributed by atoms with Crippen LogP contribution in [0.4, 0.5) is 5.82 Å². The quantitative estimate of drug-likeness (QED) is 0.942. The van der Waals surface area contributed by atoms with E-state index in [2.05, 4.69) is 27.3 Å². The van der Waals surface area contributed by atoms with Gasteiger partial charge in [0, 0.05) is 18.7 Å². The molecule has 5 nitrogen and oxygen atoms in total. The molecule has 1 saturated carbocycles. The van der Waals surface area contributed by atoms with Gasteiger partial charge in [-0.15, -0.1) is 0 Å². The molecule has 1 saturated heterocycles. The van der Waals surface area contributed by atoms with Crippen LogP contribution in [0.15, 0.2) is 42.6 Å². The average Bonchev–Trinajstić information content (AvgIpc) is 2.62. The molecule has 24 heavy (non-hydrogen) atoms. The molecule has 2 unspecified atom stereocenters. The number of rotatable bonds is 3. The number of anilines is 1. The monoisotopic (exact) mass is 322 g/mol. The maximum Gasteiger partial charge on any atom is 0.239 e. The lowest BCUT2D eigenvalue weighted by Crippen LogP contribution is -2.62. The molecule has 1 aromatic carbocycles. The minimum absolute atomic E-state index is 0.0985. The summed E-state index contributed by atoms with van der Waals surface area (Å²) < 4.78 is 0. The van der Waals surface area contributed by atoms with Crippen LogP contribution in [-0.2, 0) is 11.2 Å². The molecule has 124 valence electrons. The van der Waals surface area contributed by atoms with Crippen LogP contribution in [0.3, 0.4) is 0 Å². The molecule has 0 spiro atoms. The Kier molecular flexibility index (Phi) is 4.15. The Morgan fingerprint density at radius 1 is 1.12 bits per heavy atom. The van der Waals surface area contributed by atoms with Gasteiger partial charge in [0.2, 0.25) is 5.91 Å². The number of fused-ring (bicyclic) bond motifs is 1. The first-order valence-corrected chi connectivity index (χ1v) is 8.71. The van der Waals surface area contributed by atoms with Crippen molar-refractivity contribution in [2.75, 3.05) is 11.4 Å². The molecule has 4 rings (SSSR count). The lowest BCUT2D eigenvalue weighted by atomic mass is 9.87. The summed E-state index contributed by atoms with van der Waals surface area (Å²) in [5.74, 6) is 1.78. The van der Waals surface area contributed by atoms with Gasteiger partial charge in [-0.25, -0.2) is 9.97 Å². The van der Waals surface area contributed by atoms with Crippen LogP contribution in [0.1, 0.15) is 37.1 Å². The van der Waals surface area contributed by atoms with E-state index in [1.54, 1.807) is 0 Å². The number of amides is 1. The van der Waals surface area contributed by atoms with E-state index in [0.717, 1.165) is 24.5 Å². The topological polar surface area (TPSA) is 58.1 Å². The highest BCUT2D eigenvalue weighted by molar-refractivity contribution is 5.83. The molecule has 1 amide bonds.